The fourth-order valence-electron chi connectivity index (χ4n) is 2.15. The van der Waals surface area contributed by atoms with E-state index in [9.17, 15) is 0 Å². The Morgan fingerprint density at radius 1 is 1.36 bits per heavy atom. The standard InChI is InChI=1S/C12H16BrN/c1-12(2)8-14-6-5-9-7-10(13)3-4-11(9)12/h3-4,7,14H,5-6,8H2,1-2H3. The monoisotopic (exact) mass is 253 g/mol. The van der Waals surface area contributed by atoms with Crippen LogP contribution in [0.3, 0.4) is 0 Å². The van der Waals surface area contributed by atoms with Gasteiger partial charge in [0.25, 0.3) is 0 Å². The van der Waals surface area contributed by atoms with E-state index in [-0.39, 0.29) is 5.41 Å². The van der Waals surface area contributed by atoms with E-state index in [0.717, 1.165) is 19.5 Å². The Hall–Kier alpha value is -0.340. The Bertz CT molecular complexity index is 344. The fraction of sp³-hybridized carbons (Fsp3) is 0.500. The number of hydrogen-bond donors (Lipinski definition) is 1. The van der Waals surface area contributed by atoms with Gasteiger partial charge >= 0.3 is 0 Å². The van der Waals surface area contributed by atoms with Crippen molar-refractivity contribution in [2.24, 2.45) is 0 Å². The second-order valence-electron chi connectivity index (χ2n) is 4.61. The van der Waals surface area contributed by atoms with Gasteiger partial charge in [-0.15, -0.1) is 0 Å². The highest BCUT2D eigenvalue weighted by Gasteiger charge is 2.25. The van der Waals surface area contributed by atoms with E-state index < -0.39 is 0 Å². The van der Waals surface area contributed by atoms with Crippen molar-refractivity contribution in [1.82, 2.24) is 5.32 Å². The molecular weight excluding hydrogens is 238 g/mol. The van der Waals surface area contributed by atoms with Crippen LogP contribution in [-0.2, 0) is 11.8 Å². The number of nitrogens with one attached hydrogen (secondary N) is 1. The zero-order valence-electron chi connectivity index (χ0n) is 8.73. The summed E-state index contributed by atoms with van der Waals surface area (Å²) in [5, 5.41) is 3.49. The first-order chi connectivity index (χ1) is 6.59. The minimum atomic E-state index is 0.256. The Morgan fingerprint density at radius 2 is 2.14 bits per heavy atom. The minimum absolute atomic E-state index is 0.256. The molecule has 0 aromatic heterocycles. The average Bonchev–Trinajstić information content (AvgIpc) is 2.25. The Kier molecular flexibility index (Phi) is 2.67. The topological polar surface area (TPSA) is 12.0 Å². The van der Waals surface area contributed by atoms with Gasteiger partial charge in [0.05, 0.1) is 0 Å². The molecule has 0 atom stereocenters. The molecule has 1 heterocycles. The molecule has 1 nitrogen and oxygen atoms in total. The summed E-state index contributed by atoms with van der Waals surface area (Å²) in [6, 6.07) is 6.66. The molecular formula is C12H16BrN. The second-order valence-corrected chi connectivity index (χ2v) is 5.53. The predicted molar refractivity (Wildman–Crippen MR) is 63.7 cm³/mol. The summed E-state index contributed by atoms with van der Waals surface area (Å²) in [7, 11) is 0. The first-order valence-electron chi connectivity index (χ1n) is 5.09. The SMILES string of the molecule is CC1(C)CNCCc2cc(Br)ccc21. The van der Waals surface area contributed by atoms with Crippen molar-refractivity contribution in [3.05, 3.63) is 33.8 Å². The van der Waals surface area contributed by atoms with E-state index >= 15 is 0 Å². The number of halogens is 1. The van der Waals surface area contributed by atoms with Crippen LogP contribution >= 0.6 is 15.9 Å². The second kappa shape index (κ2) is 3.67. The van der Waals surface area contributed by atoms with E-state index in [1.165, 1.54) is 15.6 Å². The first-order valence-corrected chi connectivity index (χ1v) is 5.88. The van der Waals surface area contributed by atoms with Crippen LogP contribution < -0.4 is 5.32 Å². The van der Waals surface area contributed by atoms with Gasteiger partial charge in [0.2, 0.25) is 0 Å². The molecule has 1 aromatic carbocycles. The van der Waals surface area contributed by atoms with Gasteiger partial charge in [-0.1, -0.05) is 35.8 Å². The molecule has 14 heavy (non-hydrogen) atoms. The van der Waals surface area contributed by atoms with Crippen LogP contribution in [0.1, 0.15) is 25.0 Å². The molecule has 0 spiro atoms. The lowest BCUT2D eigenvalue weighted by atomic mass is 9.82. The van der Waals surface area contributed by atoms with Gasteiger partial charge in [0.1, 0.15) is 0 Å². The Morgan fingerprint density at radius 3 is 2.93 bits per heavy atom. The number of benzene rings is 1. The van der Waals surface area contributed by atoms with Crippen LogP contribution in [0.2, 0.25) is 0 Å². The molecule has 1 aliphatic rings. The lowest BCUT2D eigenvalue weighted by Crippen LogP contribution is -2.31. The predicted octanol–water partition coefficient (Wildman–Crippen LogP) is 2.87. The number of fused-ring (bicyclic) bond motifs is 1. The van der Waals surface area contributed by atoms with Crippen LogP contribution in [0.15, 0.2) is 22.7 Å². The number of hydrogen-bond acceptors (Lipinski definition) is 1. The third kappa shape index (κ3) is 1.86. The van der Waals surface area contributed by atoms with Crippen molar-refractivity contribution in [3.8, 4) is 0 Å². The maximum absolute atomic E-state index is 3.53. The molecule has 0 radical (unpaired) electrons. The summed E-state index contributed by atoms with van der Waals surface area (Å²) in [6.07, 6.45) is 1.14. The van der Waals surface area contributed by atoms with E-state index in [1.807, 2.05) is 0 Å². The summed E-state index contributed by atoms with van der Waals surface area (Å²) < 4.78 is 1.19. The van der Waals surface area contributed by atoms with Crippen molar-refractivity contribution in [3.63, 3.8) is 0 Å². The van der Waals surface area contributed by atoms with Crippen LogP contribution in [0, 0.1) is 0 Å². The van der Waals surface area contributed by atoms with Gasteiger partial charge in [-0.3, -0.25) is 0 Å². The number of rotatable bonds is 0. The van der Waals surface area contributed by atoms with Gasteiger partial charge in [-0.05, 0) is 36.2 Å². The smallest absolute Gasteiger partial charge is 0.0178 e. The molecule has 0 saturated heterocycles. The molecule has 1 N–H and O–H groups in total. The van der Waals surface area contributed by atoms with Crippen LogP contribution in [0.25, 0.3) is 0 Å². The molecule has 0 saturated carbocycles. The summed E-state index contributed by atoms with van der Waals surface area (Å²) in [4.78, 5) is 0. The van der Waals surface area contributed by atoms with Crippen LogP contribution in [0.5, 0.6) is 0 Å². The van der Waals surface area contributed by atoms with Crippen molar-refractivity contribution in [1.29, 1.82) is 0 Å². The van der Waals surface area contributed by atoms with E-state index in [1.54, 1.807) is 0 Å². The van der Waals surface area contributed by atoms with Gasteiger partial charge in [0.15, 0.2) is 0 Å². The molecule has 2 rings (SSSR count). The van der Waals surface area contributed by atoms with Crippen LogP contribution in [-0.4, -0.2) is 13.1 Å². The minimum Gasteiger partial charge on any atom is -0.316 e. The van der Waals surface area contributed by atoms with Crippen molar-refractivity contribution in [2.45, 2.75) is 25.7 Å². The maximum Gasteiger partial charge on any atom is 0.0178 e. The highest BCUT2D eigenvalue weighted by atomic mass is 79.9. The van der Waals surface area contributed by atoms with Crippen molar-refractivity contribution in [2.75, 3.05) is 13.1 Å². The maximum atomic E-state index is 3.53. The zero-order chi connectivity index (χ0) is 10.2. The molecule has 0 unspecified atom stereocenters. The molecule has 0 bridgehead atoms. The summed E-state index contributed by atoms with van der Waals surface area (Å²) in [6.45, 7) is 6.77. The van der Waals surface area contributed by atoms with Gasteiger partial charge in [-0.25, -0.2) is 0 Å². The lowest BCUT2D eigenvalue weighted by molar-refractivity contribution is 0.488. The summed E-state index contributed by atoms with van der Waals surface area (Å²) in [5.74, 6) is 0. The van der Waals surface area contributed by atoms with Gasteiger partial charge < -0.3 is 5.32 Å². The third-order valence-corrected chi connectivity index (χ3v) is 3.43. The molecule has 1 aromatic rings. The largest absolute Gasteiger partial charge is 0.316 e. The van der Waals surface area contributed by atoms with Crippen molar-refractivity contribution >= 4 is 15.9 Å². The molecule has 0 fully saturated rings. The molecule has 0 amide bonds. The summed E-state index contributed by atoms with van der Waals surface area (Å²) >= 11 is 3.53. The lowest BCUT2D eigenvalue weighted by Gasteiger charge is -2.25. The van der Waals surface area contributed by atoms with E-state index in [2.05, 4.69) is 53.3 Å². The van der Waals surface area contributed by atoms with Gasteiger partial charge in [-0.2, -0.15) is 0 Å². The Labute approximate surface area is 94.0 Å². The molecule has 2 heteroatoms. The first kappa shape index (κ1) is 10.2. The normalized spacial score (nSPS) is 19.9. The molecule has 0 aliphatic carbocycles. The van der Waals surface area contributed by atoms with Crippen LogP contribution in [0.4, 0.5) is 0 Å². The summed E-state index contributed by atoms with van der Waals surface area (Å²) in [5.41, 5.74) is 3.23. The quantitative estimate of drug-likeness (QED) is 0.750. The highest BCUT2D eigenvalue weighted by molar-refractivity contribution is 9.10. The third-order valence-electron chi connectivity index (χ3n) is 2.93. The fourth-order valence-corrected chi connectivity index (χ4v) is 2.56. The zero-order valence-corrected chi connectivity index (χ0v) is 10.3. The Balaban J connectivity index is 2.50. The van der Waals surface area contributed by atoms with E-state index in [4.69, 9.17) is 0 Å². The highest BCUT2D eigenvalue weighted by Crippen LogP contribution is 2.30. The average molecular weight is 254 g/mol. The van der Waals surface area contributed by atoms with Gasteiger partial charge in [0, 0.05) is 16.4 Å². The van der Waals surface area contributed by atoms with E-state index in [0.29, 0.717) is 0 Å². The molecule has 1 aliphatic heterocycles. The van der Waals surface area contributed by atoms with Crippen molar-refractivity contribution < 1.29 is 0 Å². The molecule has 76 valence electrons.